The van der Waals surface area contributed by atoms with E-state index in [1.165, 1.54) is 17.6 Å². The van der Waals surface area contributed by atoms with Gasteiger partial charge in [-0.05, 0) is 49.6 Å². The van der Waals surface area contributed by atoms with Gasteiger partial charge in [0.15, 0.2) is 0 Å². The van der Waals surface area contributed by atoms with Gasteiger partial charge in [0, 0.05) is 4.90 Å². The number of benzene rings is 1. The number of ether oxygens (including phenoxy) is 2. The molecule has 0 N–H and O–H groups in total. The first-order valence-electron chi connectivity index (χ1n) is 7.05. The lowest BCUT2D eigenvalue weighted by Gasteiger charge is -2.27. The smallest absolute Gasteiger partial charge is 0.308 e. The molecule has 1 saturated carbocycles. The van der Waals surface area contributed by atoms with Gasteiger partial charge in [0.1, 0.15) is 0 Å². The van der Waals surface area contributed by atoms with E-state index in [2.05, 4.69) is 30.5 Å². The van der Waals surface area contributed by atoms with Crippen molar-refractivity contribution in [2.75, 3.05) is 13.4 Å². The summed E-state index contributed by atoms with van der Waals surface area (Å²) in [6, 6.07) is 8.48. The molecular formula is C16H22O3S. The van der Waals surface area contributed by atoms with Crippen molar-refractivity contribution in [2.24, 2.45) is 5.92 Å². The molecule has 0 bridgehead atoms. The van der Waals surface area contributed by atoms with Crippen molar-refractivity contribution in [3.8, 4) is 0 Å². The number of carbonyl (C=O) groups is 1. The Bertz CT molecular complexity index is 422. The van der Waals surface area contributed by atoms with Crippen LogP contribution in [0.15, 0.2) is 29.2 Å². The molecule has 1 aromatic carbocycles. The van der Waals surface area contributed by atoms with Crippen molar-refractivity contribution >= 4 is 17.7 Å². The second kappa shape index (κ2) is 7.70. The van der Waals surface area contributed by atoms with Crippen LogP contribution in [0.3, 0.4) is 0 Å². The summed E-state index contributed by atoms with van der Waals surface area (Å²) >= 11 is 1.74. The first-order valence-corrected chi connectivity index (χ1v) is 8.27. The third-order valence-electron chi connectivity index (χ3n) is 3.85. The van der Waals surface area contributed by atoms with E-state index in [9.17, 15) is 4.79 Å². The maximum absolute atomic E-state index is 11.4. The van der Waals surface area contributed by atoms with Gasteiger partial charge in [-0.1, -0.05) is 12.1 Å². The molecule has 0 heterocycles. The highest BCUT2D eigenvalue weighted by atomic mass is 32.2. The number of hydrogen-bond donors (Lipinski definition) is 0. The van der Waals surface area contributed by atoms with Crippen LogP contribution >= 0.6 is 11.8 Å². The lowest BCUT2D eigenvalue weighted by Crippen LogP contribution is -2.26. The number of thioether (sulfide) groups is 1. The molecule has 110 valence electrons. The maximum Gasteiger partial charge on any atom is 0.308 e. The Kier molecular flexibility index (Phi) is 5.92. The van der Waals surface area contributed by atoms with Crippen molar-refractivity contribution in [1.82, 2.24) is 0 Å². The number of rotatable bonds is 5. The summed E-state index contributed by atoms with van der Waals surface area (Å²) in [4.78, 5) is 12.7. The Balaban J connectivity index is 1.74. The van der Waals surface area contributed by atoms with Gasteiger partial charge < -0.3 is 9.47 Å². The fourth-order valence-corrected chi connectivity index (χ4v) is 2.98. The average molecular weight is 294 g/mol. The summed E-state index contributed by atoms with van der Waals surface area (Å²) in [7, 11) is 1.46. The molecular weight excluding hydrogens is 272 g/mol. The molecule has 0 amide bonds. The first kappa shape index (κ1) is 15.4. The predicted molar refractivity (Wildman–Crippen MR) is 80.8 cm³/mol. The van der Waals surface area contributed by atoms with Crippen LogP contribution in [0.25, 0.3) is 0 Å². The molecule has 1 fully saturated rings. The van der Waals surface area contributed by atoms with E-state index in [1.807, 2.05) is 0 Å². The Morgan fingerprint density at radius 1 is 1.20 bits per heavy atom. The largest absolute Gasteiger partial charge is 0.469 e. The lowest BCUT2D eigenvalue weighted by atomic mass is 9.87. The second-order valence-electron chi connectivity index (χ2n) is 5.16. The molecule has 20 heavy (non-hydrogen) atoms. The van der Waals surface area contributed by atoms with E-state index in [0.29, 0.717) is 6.61 Å². The van der Waals surface area contributed by atoms with Crippen LogP contribution < -0.4 is 0 Å². The summed E-state index contributed by atoms with van der Waals surface area (Å²) in [5.41, 5.74) is 1.21. The third-order valence-corrected chi connectivity index (χ3v) is 4.60. The van der Waals surface area contributed by atoms with Crippen molar-refractivity contribution in [1.29, 1.82) is 0 Å². The Hall–Kier alpha value is -1.00. The predicted octanol–water partition coefficient (Wildman–Crippen LogP) is 3.66. The molecule has 0 unspecified atom stereocenters. The zero-order chi connectivity index (χ0) is 14.4. The molecule has 0 atom stereocenters. The quantitative estimate of drug-likeness (QED) is 0.613. The Morgan fingerprint density at radius 2 is 1.85 bits per heavy atom. The Morgan fingerprint density at radius 3 is 2.40 bits per heavy atom. The number of hydrogen-bond acceptors (Lipinski definition) is 4. The molecule has 1 aliphatic rings. The van der Waals surface area contributed by atoms with Crippen LogP contribution in [-0.2, 0) is 20.9 Å². The molecule has 1 aliphatic carbocycles. The molecule has 2 rings (SSSR count). The first-order chi connectivity index (χ1) is 9.72. The zero-order valence-electron chi connectivity index (χ0n) is 12.1. The third kappa shape index (κ3) is 4.25. The van der Waals surface area contributed by atoms with E-state index in [-0.39, 0.29) is 18.0 Å². The summed E-state index contributed by atoms with van der Waals surface area (Å²) < 4.78 is 10.7. The minimum atomic E-state index is -0.0731. The molecule has 1 aromatic rings. The minimum Gasteiger partial charge on any atom is -0.469 e. The van der Waals surface area contributed by atoms with Gasteiger partial charge in [0.2, 0.25) is 0 Å². The monoisotopic (exact) mass is 294 g/mol. The van der Waals surface area contributed by atoms with E-state index in [1.54, 1.807) is 11.8 Å². The van der Waals surface area contributed by atoms with Crippen molar-refractivity contribution < 1.29 is 14.3 Å². The molecule has 0 aromatic heterocycles. The lowest BCUT2D eigenvalue weighted by molar-refractivity contribution is -0.147. The van der Waals surface area contributed by atoms with Gasteiger partial charge in [-0.25, -0.2) is 0 Å². The van der Waals surface area contributed by atoms with E-state index >= 15 is 0 Å². The minimum absolute atomic E-state index is 0.0701. The number of carbonyl (C=O) groups excluding carboxylic acids is 1. The van der Waals surface area contributed by atoms with Gasteiger partial charge in [-0.3, -0.25) is 4.79 Å². The fraction of sp³-hybridized carbons (Fsp3) is 0.562. The van der Waals surface area contributed by atoms with Crippen LogP contribution in [0.4, 0.5) is 0 Å². The highest BCUT2D eigenvalue weighted by Crippen LogP contribution is 2.27. The molecule has 0 aliphatic heterocycles. The standard InChI is InChI=1S/C16H22O3S/c1-18-16(17)13-5-7-14(8-6-13)19-11-12-3-9-15(20-2)10-4-12/h3-4,9-10,13-14H,5-8,11H2,1-2H3. The molecule has 3 nitrogen and oxygen atoms in total. The van der Waals surface area contributed by atoms with Crippen LogP contribution in [0.5, 0.6) is 0 Å². The maximum atomic E-state index is 11.4. The highest BCUT2D eigenvalue weighted by molar-refractivity contribution is 7.98. The van der Waals surface area contributed by atoms with Crippen molar-refractivity contribution in [3.63, 3.8) is 0 Å². The van der Waals surface area contributed by atoms with Crippen LogP contribution in [0.1, 0.15) is 31.2 Å². The van der Waals surface area contributed by atoms with Crippen LogP contribution in [0, 0.1) is 5.92 Å². The molecule has 4 heteroatoms. The fourth-order valence-electron chi connectivity index (χ4n) is 2.57. The molecule has 0 spiro atoms. The van der Waals surface area contributed by atoms with Gasteiger partial charge >= 0.3 is 5.97 Å². The van der Waals surface area contributed by atoms with Crippen molar-refractivity contribution in [2.45, 2.75) is 43.3 Å². The van der Waals surface area contributed by atoms with E-state index in [4.69, 9.17) is 9.47 Å². The van der Waals surface area contributed by atoms with Crippen LogP contribution in [-0.4, -0.2) is 25.4 Å². The van der Waals surface area contributed by atoms with Crippen molar-refractivity contribution in [3.05, 3.63) is 29.8 Å². The zero-order valence-corrected chi connectivity index (χ0v) is 12.9. The Labute approximate surface area is 125 Å². The van der Waals surface area contributed by atoms with Gasteiger partial charge in [0.25, 0.3) is 0 Å². The van der Waals surface area contributed by atoms with Crippen LogP contribution in [0.2, 0.25) is 0 Å². The molecule has 0 saturated heterocycles. The summed E-state index contributed by atoms with van der Waals surface area (Å²) in [6.45, 7) is 0.655. The normalized spacial score (nSPS) is 22.5. The van der Waals surface area contributed by atoms with Gasteiger partial charge in [-0.15, -0.1) is 11.8 Å². The summed E-state index contributed by atoms with van der Waals surface area (Å²) in [5, 5.41) is 0. The average Bonchev–Trinajstić information content (AvgIpc) is 2.53. The summed E-state index contributed by atoms with van der Waals surface area (Å²) in [5.74, 6) is -0.00295. The number of esters is 1. The highest BCUT2D eigenvalue weighted by Gasteiger charge is 2.27. The van der Waals surface area contributed by atoms with E-state index < -0.39 is 0 Å². The molecule has 0 radical (unpaired) electrons. The van der Waals surface area contributed by atoms with Gasteiger partial charge in [0.05, 0.1) is 25.7 Å². The topological polar surface area (TPSA) is 35.5 Å². The summed E-state index contributed by atoms with van der Waals surface area (Å²) in [6.07, 6.45) is 6.00. The van der Waals surface area contributed by atoms with Gasteiger partial charge in [-0.2, -0.15) is 0 Å². The second-order valence-corrected chi connectivity index (χ2v) is 6.04. The SMILES string of the molecule is COC(=O)C1CCC(OCc2ccc(SC)cc2)CC1. The number of methoxy groups -OCH3 is 1. The van der Waals surface area contributed by atoms with E-state index in [0.717, 1.165) is 25.7 Å².